The van der Waals surface area contributed by atoms with Crippen molar-refractivity contribution in [2.75, 3.05) is 19.6 Å². The van der Waals surface area contributed by atoms with Crippen molar-refractivity contribution < 1.29 is 19.5 Å². The Morgan fingerprint density at radius 1 is 1.08 bits per heavy atom. The normalized spacial score (nSPS) is 26.4. The molecule has 3 rings (SSSR count). The van der Waals surface area contributed by atoms with Crippen molar-refractivity contribution >= 4 is 17.8 Å². The molecule has 3 atom stereocenters. The molecule has 0 aromatic carbocycles. The highest BCUT2D eigenvalue weighted by molar-refractivity contribution is 5.94. The molecule has 0 aliphatic carbocycles. The number of likely N-dealkylation sites (tertiary alicyclic amines) is 2. The van der Waals surface area contributed by atoms with Crippen molar-refractivity contribution in [3.05, 3.63) is 30.1 Å². The van der Waals surface area contributed by atoms with E-state index in [1.54, 1.807) is 34.3 Å². The van der Waals surface area contributed by atoms with Crippen LogP contribution in [0.1, 0.15) is 43.0 Å². The van der Waals surface area contributed by atoms with Crippen molar-refractivity contribution in [3.63, 3.8) is 0 Å². The van der Waals surface area contributed by atoms with E-state index in [1.165, 1.54) is 0 Å². The van der Waals surface area contributed by atoms with Gasteiger partial charge < -0.3 is 14.9 Å². The molecule has 0 bridgehead atoms. The Morgan fingerprint density at radius 2 is 1.81 bits per heavy atom. The predicted octanol–water partition coefficient (Wildman–Crippen LogP) is 1.65. The van der Waals surface area contributed by atoms with Crippen molar-refractivity contribution in [1.82, 2.24) is 14.8 Å². The number of aliphatic carboxylic acids is 1. The van der Waals surface area contributed by atoms with Gasteiger partial charge in [0.15, 0.2) is 0 Å². The van der Waals surface area contributed by atoms with E-state index in [9.17, 15) is 19.5 Å². The van der Waals surface area contributed by atoms with Crippen LogP contribution in [-0.2, 0) is 9.59 Å². The lowest BCUT2D eigenvalue weighted by Gasteiger charge is -2.40. The summed E-state index contributed by atoms with van der Waals surface area (Å²) in [4.78, 5) is 44.3. The average molecular weight is 359 g/mol. The minimum atomic E-state index is -0.840. The minimum Gasteiger partial charge on any atom is -0.481 e. The second-order valence-electron chi connectivity index (χ2n) is 7.28. The van der Waals surface area contributed by atoms with Crippen LogP contribution in [0.15, 0.2) is 24.5 Å². The largest absolute Gasteiger partial charge is 0.481 e. The summed E-state index contributed by atoms with van der Waals surface area (Å²) in [7, 11) is 0. The summed E-state index contributed by atoms with van der Waals surface area (Å²) in [5, 5.41) is 9.28. The summed E-state index contributed by atoms with van der Waals surface area (Å²) >= 11 is 0. The summed E-state index contributed by atoms with van der Waals surface area (Å²) in [6, 6.07) is 3.40. The second-order valence-corrected chi connectivity index (χ2v) is 7.28. The number of nitrogens with zero attached hydrogens (tertiary/aromatic N) is 3. The molecule has 7 heteroatoms. The number of carboxylic acids is 1. The van der Waals surface area contributed by atoms with E-state index in [-0.39, 0.29) is 30.3 Å². The molecule has 1 N–H and O–H groups in total. The van der Waals surface area contributed by atoms with Crippen molar-refractivity contribution in [3.8, 4) is 0 Å². The summed E-state index contributed by atoms with van der Waals surface area (Å²) in [6.45, 7) is 3.27. The van der Waals surface area contributed by atoms with Gasteiger partial charge in [0.05, 0.1) is 11.8 Å². The molecule has 0 radical (unpaired) electrons. The standard InChI is InChI=1S/C19H25N3O4/c1-13-4-5-16(19(25)26)12-22(13)18(24)15-3-2-10-21(11-15)17(23)14-6-8-20-9-7-14/h6-9,13,15-16H,2-5,10-12H2,1H3,(H,25,26). The Hall–Kier alpha value is -2.44. The molecule has 140 valence electrons. The fourth-order valence-corrected chi connectivity index (χ4v) is 3.89. The lowest BCUT2D eigenvalue weighted by Crippen LogP contribution is -2.52. The molecular weight excluding hydrogens is 334 g/mol. The second kappa shape index (κ2) is 7.85. The van der Waals surface area contributed by atoms with Gasteiger partial charge in [-0.3, -0.25) is 19.4 Å². The Balaban J connectivity index is 1.67. The molecule has 2 aliphatic rings. The topological polar surface area (TPSA) is 90.8 Å². The summed E-state index contributed by atoms with van der Waals surface area (Å²) in [5.41, 5.74) is 0.574. The molecule has 3 unspecified atom stereocenters. The molecule has 2 aliphatic heterocycles. The lowest BCUT2D eigenvalue weighted by molar-refractivity contribution is -0.149. The molecule has 7 nitrogen and oxygen atoms in total. The van der Waals surface area contributed by atoms with Gasteiger partial charge in [0.2, 0.25) is 5.91 Å². The van der Waals surface area contributed by atoms with Crippen LogP contribution in [0.25, 0.3) is 0 Å². The zero-order valence-corrected chi connectivity index (χ0v) is 15.0. The number of hydrogen-bond donors (Lipinski definition) is 1. The number of amides is 2. The number of piperidine rings is 2. The van der Waals surface area contributed by atoms with Gasteiger partial charge in [-0.2, -0.15) is 0 Å². The van der Waals surface area contributed by atoms with E-state index in [0.717, 1.165) is 12.8 Å². The van der Waals surface area contributed by atoms with Crippen LogP contribution >= 0.6 is 0 Å². The Kier molecular flexibility index (Phi) is 5.54. The average Bonchev–Trinajstić information content (AvgIpc) is 2.68. The molecule has 26 heavy (non-hydrogen) atoms. The Morgan fingerprint density at radius 3 is 2.50 bits per heavy atom. The highest BCUT2D eigenvalue weighted by Gasteiger charge is 2.37. The van der Waals surface area contributed by atoms with Gasteiger partial charge in [-0.25, -0.2) is 0 Å². The van der Waals surface area contributed by atoms with E-state index >= 15 is 0 Å². The fraction of sp³-hybridized carbons (Fsp3) is 0.579. The molecule has 2 amide bonds. The molecule has 2 saturated heterocycles. The van der Waals surface area contributed by atoms with E-state index in [4.69, 9.17) is 0 Å². The number of rotatable bonds is 3. The number of aromatic nitrogens is 1. The number of hydrogen-bond acceptors (Lipinski definition) is 4. The third-order valence-electron chi connectivity index (χ3n) is 5.50. The maximum Gasteiger partial charge on any atom is 0.308 e. The maximum atomic E-state index is 13.0. The predicted molar refractivity (Wildman–Crippen MR) is 94.4 cm³/mol. The van der Waals surface area contributed by atoms with Crippen molar-refractivity contribution in [1.29, 1.82) is 0 Å². The van der Waals surface area contributed by atoms with E-state index in [1.807, 2.05) is 6.92 Å². The van der Waals surface area contributed by atoms with Gasteiger partial charge in [-0.05, 0) is 44.7 Å². The number of carbonyl (C=O) groups excluding carboxylic acids is 2. The third-order valence-corrected chi connectivity index (χ3v) is 5.50. The molecule has 2 fully saturated rings. The first-order valence-corrected chi connectivity index (χ1v) is 9.20. The Labute approximate surface area is 153 Å². The molecule has 3 heterocycles. The van der Waals surface area contributed by atoms with Gasteiger partial charge in [0, 0.05) is 43.6 Å². The van der Waals surface area contributed by atoms with Gasteiger partial charge in [0.1, 0.15) is 0 Å². The number of carbonyl (C=O) groups is 3. The summed E-state index contributed by atoms with van der Waals surface area (Å²) in [6.07, 6.45) is 5.99. The van der Waals surface area contributed by atoms with Crippen LogP contribution in [0.2, 0.25) is 0 Å². The van der Waals surface area contributed by atoms with Gasteiger partial charge in [-0.15, -0.1) is 0 Å². The quantitative estimate of drug-likeness (QED) is 0.886. The molecule has 0 saturated carbocycles. The maximum absolute atomic E-state index is 13.0. The fourth-order valence-electron chi connectivity index (χ4n) is 3.89. The van der Waals surface area contributed by atoms with E-state index in [2.05, 4.69) is 4.98 Å². The van der Waals surface area contributed by atoms with Crippen LogP contribution in [0.3, 0.4) is 0 Å². The Bertz CT molecular complexity index is 679. The zero-order valence-electron chi connectivity index (χ0n) is 15.0. The highest BCUT2D eigenvalue weighted by atomic mass is 16.4. The first kappa shape index (κ1) is 18.4. The molecule has 0 spiro atoms. The highest BCUT2D eigenvalue weighted by Crippen LogP contribution is 2.27. The van der Waals surface area contributed by atoms with Crippen LogP contribution in [0.4, 0.5) is 0 Å². The van der Waals surface area contributed by atoms with E-state index < -0.39 is 11.9 Å². The van der Waals surface area contributed by atoms with Gasteiger partial charge in [0.25, 0.3) is 5.91 Å². The summed E-state index contributed by atoms with van der Waals surface area (Å²) < 4.78 is 0. The van der Waals surface area contributed by atoms with Crippen LogP contribution < -0.4 is 0 Å². The first-order valence-electron chi connectivity index (χ1n) is 9.20. The lowest BCUT2D eigenvalue weighted by atomic mass is 9.90. The minimum absolute atomic E-state index is 0.0179. The molecular formula is C19H25N3O4. The zero-order chi connectivity index (χ0) is 18.7. The molecule has 1 aromatic heterocycles. The number of carboxylic acid groups (broad SMARTS) is 1. The smallest absolute Gasteiger partial charge is 0.308 e. The first-order chi connectivity index (χ1) is 12.5. The van der Waals surface area contributed by atoms with Gasteiger partial charge >= 0.3 is 5.97 Å². The van der Waals surface area contributed by atoms with Crippen molar-refractivity contribution in [2.24, 2.45) is 11.8 Å². The van der Waals surface area contributed by atoms with Crippen LogP contribution in [-0.4, -0.2) is 63.4 Å². The third kappa shape index (κ3) is 3.86. The van der Waals surface area contributed by atoms with Crippen LogP contribution in [0, 0.1) is 11.8 Å². The van der Waals surface area contributed by atoms with Crippen molar-refractivity contribution in [2.45, 2.75) is 38.6 Å². The molecule has 1 aromatic rings. The summed E-state index contributed by atoms with van der Waals surface area (Å²) in [5.74, 6) is -1.69. The van der Waals surface area contributed by atoms with E-state index in [0.29, 0.717) is 31.5 Å². The monoisotopic (exact) mass is 359 g/mol. The van der Waals surface area contributed by atoms with Gasteiger partial charge in [-0.1, -0.05) is 0 Å². The number of pyridine rings is 1. The van der Waals surface area contributed by atoms with Crippen LogP contribution in [0.5, 0.6) is 0 Å². The SMILES string of the molecule is CC1CCC(C(=O)O)CN1C(=O)C1CCCN(C(=O)c2ccncc2)C1.